The van der Waals surface area contributed by atoms with Gasteiger partial charge in [-0.3, -0.25) is 4.79 Å². The van der Waals surface area contributed by atoms with E-state index < -0.39 is 0 Å². The number of hydrogen-bond donors (Lipinski definition) is 1. The van der Waals surface area contributed by atoms with Crippen LogP contribution in [-0.2, 0) is 0 Å². The molecule has 1 aromatic carbocycles. The number of thioether (sulfide) groups is 1. The quantitative estimate of drug-likeness (QED) is 0.869. The van der Waals surface area contributed by atoms with Gasteiger partial charge < -0.3 is 10.0 Å². The molecule has 5 heteroatoms. The first-order valence-corrected chi connectivity index (χ1v) is 7.99. The van der Waals surface area contributed by atoms with Crippen molar-refractivity contribution in [1.82, 2.24) is 4.90 Å². The first-order chi connectivity index (χ1) is 9.15. The molecule has 2 rings (SSSR count). The Morgan fingerprint density at radius 3 is 3.05 bits per heavy atom. The van der Waals surface area contributed by atoms with Crippen LogP contribution in [0.3, 0.4) is 0 Å². The van der Waals surface area contributed by atoms with Crippen molar-refractivity contribution >= 4 is 29.3 Å². The van der Waals surface area contributed by atoms with E-state index in [1.807, 2.05) is 23.3 Å². The molecular formula is C14H18ClNO2S. The van der Waals surface area contributed by atoms with Gasteiger partial charge in [0.15, 0.2) is 0 Å². The van der Waals surface area contributed by atoms with Gasteiger partial charge in [-0.15, -0.1) is 11.8 Å². The smallest absolute Gasteiger partial charge is 0.255 e. The van der Waals surface area contributed by atoms with Crippen LogP contribution in [0.1, 0.15) is 23.2 Å². The molecule has 0 bridgehead atoms. The van der Waals surface area contributed by atoms with Crippen molar-refractivity contribution in [2.75, 3.05) is 26.0 Å². The number of carbonyl (C=O) groups is 1. The van der Waals surface area contributed by atoms with E-state index in [-0.39, 0.29) is 12.5 Å². The fraction of sp³-hybridized carbons (Fsp3) is 0.500. The Morgan fingerprint density at radius 2 is 2.37 bits per heavy atom. The van der Waals surface area contributed by atoms with Crippen LogP contribution in [0.4, 0.5) is 0 Å². The number of rotatable bonds is 4. The number of hydrogen-bond acceptors (Lipinski definition) is 3. The minimum Gasteiger partial charge on any atom is -0.396 e. The van der Waals surface area contributed by atoms with Gasteiger partial charge in [0.05, 0.1) is 10.6 Å². The van der Waals surface area contributed by atoms with Crippen molar-refractivity contribution in [3.63, 3.8) is 0 Å². The summed E-state index contributed by atoms with van der Waals surface area (Å²) in [6, 6.07) is 5.55. The lowest BCUT2D eigenvalue weighted by Crippen LogP contribution is -2.29. The van der Waals surface area contributed by atoms with Gasteiger partial charge in [0, 0.05) is 24.6 Å². The standard InChI is InChI=1S/C14H18ClNO2S/c1-19-11-2-3-13(15)12(8-11)14(18)16-6-4-10(9-16)5-7-17/h2-3,8,10,17H,4-7,9H2,1H3. The highest BCUT2D eigenvalue weighted by atomic mass is 35.5. The molecule has 0 radical (unpaired) electrons. The minimum atomic E-state index is 0.00124. The fourth-order valence-corrected chi connectivity index (χ4v) is 3.04. The lowest BCUT2D eigenvalue weighted by Gasteiger charge is -2.17. The third kappa shape index (κ3) is 3.44. The highest BCUT2D eigenvalue weighted by Gasteiger charge is 2.27. The van der Waals surface area contributed by atoms with Crippen molar-refractivity contribution < 1.29 is 9.90 Å². The summed E-state index contributed by atoms with van der Waals surface area (Å²) in [7, 11) is 0. The van der Waals surface area contributed by atoms with E-state index in [2.05, 4.69) is 0 Å². The largest absolute Gasteiger partial charge is 0.396 e. The maximum atomic E-state index is 12.5. The molecule has 0 aromatic heterocycles. The molecule has 1 aliphatic heterocycles. The SMILES string of the molecule is CSc1ccc(Cl)c(C(=O)N2CCC(CCO)C2)c1. The highest BCUT2D eigenvalue weighted by molar-refractivity contribution is 7.98. The first-order valence-electron chi connectivity index (χ1n) is 6.39. The molecule has 1 saturated heterocycles. The van der Waals surface area contributed by atoms with Gasteiger partial charge in [0.25, 0.3) is 5.91 Å². The Kier molecular flexibility index (Phi) is 5.13. The zero-order valence-corrected chi connectivity index (χ0v) is 12.5. The van der Waals surface area contributed by atoms with Crippen molar-refractivity contribution in [2.24, 2.45) is 5.92 Å². The van der Waals surface area contributed by atoms with Gasteiger partial charge in [0.1, 0.15) is 0 Å². The molecular weight excluding hydrogens is 282 g/mol. The van der Waals surface area contributed by atoms with Crippen LogP contribution in [-0.4, -0.2) is 41.9 Å². The lowest BCUT2D eigenvalue weighted by atomic mass is 10.1. The van der Waals surface area contributed by atoms with Gasteiger partial charge in [-0.25, -0.2) is 0 Å². The van der Waals surface area contributed by atoms with Crippen LogP contribution >= 0.6 is 23.4 Å². The summed E-state index contributed by atoms with van der Waals surface area (Å²) in [6.07, 6.45) is 3.71. The van der Waals surface area contributed by atoms with E-state index in [0.29, 0.717) is 16.5 Å². The maximum absolute atomic E-state index is 12.5. The molecule has 1 N–H and O–H groups in total. The van der Waals surface area contributed by atoms with Crippen LogP contribution < -0.4 is 0 Å². The summed E-state index contributed by atoms with van der Waals surface area (Å²) >= 11 is 7.73. The van der Waals surface area contributed by atoms with E-state index in [1.165, 1.54) is 0 Å². The van der Waals surface area contributed by atoms with Gasteiger partial charge in [-0.2, -0.15) is 0 Å². The molecule has 104 valence electrons. The van der Waals surface area contributed by atoms with Crippen LogP contribution in [0.2, 0.25) is 5.02 Å². The number of nitrogens with zero attached hydrogens (tertiary/aromatic N) is 1. The van der Waals surface area contributed by atoms with Crippen molar-refractivity contribution in [3.05, 3.63) is 28.8 Å². The maximum Gasteiger partial charge on any atom is 0.255 e. The molecule has 3 nitrogen and oxygen atoms in total. The molecule has 1 atom stereocenters. The molecule has 0 saturated carbocycles. The number of benzene rings is 1. The molecule has 1 unspecified atom stereocenters. The Morgan fingerprint density at radius 1 is 1.58 bits per heavy atom. The molecule has 1 aromatic rings. The van der Waals surface area contributed by atoms with Gasteiger partial charge in [0.2, 0.25) is 0 Å². The summed E-state index contributed by atoms with van der Waals surface area (Å²) in [6.45, 7) is 1.66. The number of aliphatic hydroxyl groups is 1. The predicted octanol–water partition coefficient (Wildman–Crippen LogP) is 2.91. The molecule has 1 aliphatic rings. The third-order valence-corrected chi connectivity index (χ3v) is 4.57. The van der Waals surface area contributed by atoms with Crippen molar-refractivity contribution in [2.45, 2.75) is 17.7 Å². The second-order valence-corrected chi connectivity index (χ2v) is 6.05. The second-order valence-electron chi connectivity index (χ2n) is 4.76. The fourth-order valence-electron chi connectivity index (χ4n) is 2.40. The first kappa shape index (κ1) is 14.7. The summed E-state index contributed by atoms with van der Waals surface area (Å²) in [4.78, 5) is 15.3. The number of carbonyl (C=O) groups excluding carboxylic acids is 1. The molecule has 1 amide bonds. The van der Waals surface area contributed by atoms with E-state index in [0.717, 1.165) is 30.8 Å². The average Bonchev–Trinajstić information content (AvgIpc) is 2.88. The molecule has 0 spiro atoms. The van der Waals surface area contributed by atoms with Crippen LogP contribution in [0.15, 0.2) is 23.1 Å². The Balaban J connectivity index is 2.12. The summed E-state index contributed by atoms with van der Waals surface area (Å²) in [5.74, 6) is 0.415. The summed E-state index contributed by atoms with van der Waals surface area (Å²) < 4.78 is 0. The molecule has 1 fully saturated rings. The van der Waals surface area contributed by atoms with Gasteiger partial charge in [-0.05, 0) is 43.2 Å². The zero-order chi connectivity index (χ0) is 13.8. The number of amides is 1. The van der Waals surface area contributed by atoms with E-state index in [4.69, 9.17) is 16.7 Å². The number of halogens is 1. The molecule has 0 aliphatic carbocycles. The average molecular weight is 300 g/mol. The Hall–Kier alpha value is -0.710. The minimum absolute atomic E-state index is 0.00124. The number of aliphatic hydroxyl groups excluding tert-OH is 1. The van der Waals surface area contributed by atoms with E-state index >= 15 is 0 Å². The van der Waals surface area contributed by atoms with Crippen LogP contribution in [0, 0.1) is 5.92 Å². The Bertz CT molecular complexity index is 467. The summed E-state index contributed by atoms with van der Waals surface area (Å²) in [5, 5.41) is 9.46. The third-order valence-electron chi connectivity index (χ3n) is 3.51. The topological polar surface area (TPSA) is 40.5 Å². The van der Waals surface area contributed by atoms with Crippen LogP contribution in [0.5, 0.6) is 0 Å². The summed E-state index contributed by atoms with van der Waals surface area (Å²) in [5.41, 5.74) is 0.582. The normalized spacial score (nSPS) is 18.9. The zero-order valence-electron chi connectivity index (χ0n) is 10.9. The second kappa shape index (κ2) is 6.64. The predicted molar refractivity (Wildman–Crippen MR) is 78.9 cm³/mol. The van der Waals surface area contributed by atoms with Crippen LogP contribution in [0.25, 0.3) is 0 Å². The lowest BCUT2D eigenvalue weighted by molar-refractivity contribution is 0.0784. The van der Waals surface area contributed by atoms with Crippen molar-refractivity contribution in [3.8, 4) is 0 Å². The van der Waals surface area contributed by atoms with E-state index in [1.54, 1.807) is 17.8 Å². The van der Waals surface area contributed by atoms with E-state index in [9.17, 15) is 4.79 Å². The highest BCUT2D eigenvalue weighted by Crippen LogP contribution is 2.27. The van der Waals surface area contributed by atoms with Gasteiger partial charge in [-0.1, -0.05) is 11.6 Å². The molecule has 1 heterocycles. The molecule has 19 heavy (non-hydrogen) atoms. The Labute approximate surface area is 122 Å². The van der Waals surface area contributed by atoms with Gasteiger partial charge >= 0.3 is 0 Å². The monoisotopic (exact) mass is 299 g/mol. The number of likely N-dealkylation sites (tertiary alicyclic amines) is 1. The van der Waals surface area contributed by atoms with Crippen molar-refractivity contribution in [1.29, 1.82) is 0 Å².